The first-order chi connectivity index (χ1) is 34.7. The molecule has 13 aromatic rings. The number of furan rings is 1. The summed E-state index contributed by atoms with van der Waals surface area (Å²) in [6.45, 7) is 0. The van der Waals surface area contributed by atoms with E-state index in [-0.39, 0.29) is 0 Å². The van der Waals surface area contributed by atoms with Crippen molar-refractivity contribution in [1.82, 2.24) is 0 Å². The van der Waals surface area contributed by atoms with Crippen molar-refractivity contribution in [1.29, 1.82) is 0 Å². The van der Waals surface area contributed by atoms with Crippen molar-refractivity contribution in [2.75, 3.05) is 9.80 Å². The Morgan fingerprint density at radius 3 is 1.04 bits per heavy atom. The molecule has 0 radical (unpaired) electrons. The van der Waals surface area contributed by atoms with Crippen LogP contribution in [0.5, 0.6) is 0 Å². The van der Waals surface area contributed by atoms with E-state index in [4.69, 9.17) is 4.42 Å². The van der Waals surface area contributed by atoms with Crippen LogP contribution < -0.4 is 9.80 Å². The van der Waals surface area contributed by atoms with Gasteiger partial charge in [0, 0.05) is 71.1 Å². The minimum Gasteiger partial charge on any atom is -0.456 e. The average molecular weight is 913 g/mol. The predicted octanol–water partition coefficient (Wildman–Crippen LogP) is 19.6. The van der Waals surface area contributed by atoms with Crippen molar-refractivity contribution in [3.8, 4) is 44.5 Å². The summed E-state index contributed by atoms with van der Waals surface area (Å²) in [5, 5.41) is 4.84. The molecule has 0 amide bonds. The van der Waals surface area contributed by atoms with Crippen molar-refractivity contribution in [2.24, 2.45) is 0 Å². The van der Waals surface area contributed by atoms with Gasteiger partial charge >= 0.3 is 0 Å². The van der Waals surface area contributed by atoms with E-state index in [0.717, 1.165) is 67.2 Å². The second-order valence-corrected chi connectivity index (χ2v) is 18.8. The lowest BCUT2D eigenvalue weighted by atomic mass is 9.99. The average Bonchev–Trinajstić information content (AvgIpc) is 4.00. The number of hydrogen-bond donors (Lipinski definition) is 0. The predicted molar refractivity (Wildman–Crippen MR) is 298 cm³/mol. The monoisotopic (exact) mass is 912 g/mol. The van der Waals surface area contributed by atoms with Gasteiger partial charge in [0.1, 0.15) is 11.2 Å². The molecule has 2 aromatic heterocycles. The van der Waals surface area contributed by atoms with Gasteiger partial charge in [-0.25, -0.2) is 0 Å². The third-order valence-corrected chi connectivity index (χ3v) is 14.6. The lowest BCUT2D eigenvalue weighted by Gasteiger charge is -2.26. The zero-order valence-electron chi connectivity index (χ0n) is 38.1. The number of hydrogen-bond acceptors (Lipinski definition) is 4. The van der Waals surface area contributed by atoms with Crippen molar-refractivity contribution < 1.29 is 4.42 Å². The normalized spacial score (nSPS) is 11.4. The molecule has 0 fully saturated rings. The van der Waals surface area contributed by atoms with Gasteiger partial charge in [-0.2, -0.15) is 0 Å². The zero-order valence-corrected chi connectivity index (χ0v) is 38.9. The summed E-state index contributed by atoms with van der Waals surface area (Å²) >= 11 is 1.85. The first-order valence-corrected chi connectivity index (χ1v) is 24.5. The van der Waals surface area contributed by atoms with Crippen LogP contribution in [0.25, 0.3) is 86.6 Å². The summed E-state index contributed by atoms with van der Waals surface area (Å²) in [4.78, 5) is 4.68. The second kappa shape index (κ2) is 17.6. The minimum atomic E-state index is 0.868. The molecule has 0 unspecified atom stereocenters. The van der Waals surface area contributed by atoms with E-state index in [1.807, 2.05) is 23.5 Å². The van der Waals surface area contributed by atoms with E-state index in [0.29, 0.717) is 0 Å². The molecule has 0 N–H and O–H groups in total. The molecule has 4 heteroatoms. The largest absolute Gasteiger partial charge is 0.456 e. The number of anilines is 6. The van der Waals surface area contributed by atoms with Gasteiger partial charge in [0.25, 0.3) is 0 Å². The highest BCUT2D eigenvalue weighted by Crippen LogP contribution is 2.43. The third-order valence-electron chi connectivity index (χ3n) is 13.5. The molecule has 3 nitrogen and oxygen atoms in total. The van der Waals surface area contributed by atoms with Gasteiger partial charge in [0.05, 0.1) is 0 Å². The third kappa shape index (κ3) is 7.67. The van der Waals surface area contributed by atoms with Crippen molar-refractivity contribution >= 4 is 87.6 Å². The van der Waals surface area contributed by atoms with Gasteiger partial charge in [-0.3, -0.25) is 0 Å². The quantitative estimate of drug-likeness (QED) is 0.136. The van der Waals surface area contributed by atoms with Gasteiger partial charge < -0.3 is 14.2 Å². The Kier molecular flexibility index (Phi) is 10.4. The summed E-state index contributed by atoms with van der Waals surface area (Å²) in [6, 6.07) is 96.0. The first kappa shape index (κ1) is 41.2. The molecule has 13 rings (SSSR count). The van der Waals surface area contributed by atoms with Gasteiger partial charge in [0.2, 0.25) is 0 Å². The van der Waals surface area contributed by atoms with E-state index in [1.54, 1.807) is 0 Å². The summed E-state index contributed by atoms with van der Waals surface area (Å²) in [6.07, 6.45) is 0. The highest BCUT2D eigenvalue weighted by molar-refractivity contribution is 7.25. The fourth-order valence-corrected chi connectivity index (χ4v) is 11.1. The first-order valence-electron chi connectivity index (χ1n) is 23.7. The molecule has 0 atom stereocenters. The Labute approximate surface area is 411 Å². The summed E-state index contributed by atoms with van der Waals surface area (Å²) in [5.74, 6) is 0. The summed E-state index contributed by atoms with van der Waals surface area (Å²) in [7, 11) is 0. The summed E-state index contributed by atoms with van der Waals surface area (Å²) < 4.78 is 8.96. The number of para-hydroxylation sites is 1. The second-order valence-electron chi connectivity index (χ2n) is 17.7. The van der Waals surface area contributed by atoms with Crippen LogP contribution in [0.1, 0.15) is 0 Å². The summed E-state index contributed by atoms with van der Waals surface area (Å²) in [5.41, 5.74) is 17.7. The van der Waals surface area contributed by atoms with Gasteiger partial charge in [-0.1, -0.05) is 176 Å². The molecule has 11 aromatic carbocycles. The number of benzene rings is 11. The number of rotatable bonds is 10. The Balaban J connectivity index is 0.794. The van der Waals surface area contributed by atoms with Crippen LogP contribution in [0.2, 0.25) is 0 Å². The highest BCUT2D eigenvalue weighted by atomic mass is 32.1. The van der Waals surface area contributed by atoms with Crippen LogP contribution in [0, 0.1) is 0 Å². The molecule has 0 saturated carbocycles. The number of fused-ring (bicyclic) bond motifs is 6. The van der Waals surface area contributed by atoms with E-state index < -0.39 is 0 Å². The zero-order chi connectivity index (χ0) is 46.4. The molecule has 330 valence electrons. The van der Waals surface area contributed by atoms with E-state index in [9.17, 15) is 0 Å². The van der Waals surface area contributed by atoms with E-state index in [2.05, 4.69) is 265 Å². The fourth-order valence-electron chi connectivity index (χ4n) is 9.93. The molecule has 2 heterocycles. The van der Waals surface area contributed by atoms with Crippen molar-refractivity contribution in [3.63, 3.8) is 0 Å². The maximum atomic E-state index is 6.37. The number of nitrogens with zero attached hydrogens (tertiary/aromatic N) is 2. The van der Waals surface area contributed by atoms with Crippen molar-refractivity contribution in [2.45, 2.75) is 0 Å². The minimum absolute atomic E-state index is 0.868. The molecule has 0 spiro atoms. The highest BCUT2D eigenvalue weighted by Gasteiger charge is 2.18. The van der Waals surface area contributed by atoms with Crippen LogP contribution in [-0.2, 0) is 0 Å². The molecule has 0 aliphatic rings. The van der Waals surface area contributed by atoms with Crippen LogP contribution in [0.4, 0.5) is 34.1 Å². The fraction of sp³-hybridized carbons (Fsp3) is 0. The molecule has 0 aliphatic heterocycles. The molecular formula is C66H44N2OS. The van der Waals surface area contributed by atoms with Crippen LogP contribution in [-0.4, -0.2) is 0 Å². The van der Waals surface area contributed by atoms with Gasteiger partial charge in [0.15, 0.2) is 0 Å². The SMILES string of the molecule is c1ccc(-c2ccc(N(c3ccc(-c4ccc(-c5ccc(N(c6ccc(-c7ccccc7)cc6)c6ccc7c(c6)sc6ccccc67)cc5)cc4)cc3)c3ccc4c(c3)oc3ccccc34)cc2)cc1. The topological polar surface area (TPSA) is 19.6 Å². The van der Waals surface area contributed by atoms with Crippen molar-refractivity contribution in [3.05, 3.63) is 267 Å². The van der Waals surface area contributed by atoms with E-state index in [1.165, 1.54) is 53.6 Å². The van der Waals surface area contributed by atoms with Crippen LogP contribution >= 0.6 is 11.3 Å². The van der Waals surface area contributed by atoms with Crippen LogP contribution in [0.3, 0.4) is 0 Å². The molecular weight excluding hydrogens is 869 g/mol. The number of thiophene rings is 1. The maximum absolute atomic E-state index is 6.37. The lowest BCUT2D eigenvalue weighted by molar-refractivity contribution is 0.669. The van der Waals surface area contributed by atoms with Gasteiger partial charge in [-0.15, -0.1) is 11.3 Å². The molecule has 70 heavy (non-hydrogen) atoms. The standard InChI is InChI=1S/C66H44N2OS/c1-3-11-45(12-4-1)49-23-31-53(32-24-49)67(57-39-41-60-59-15-7-9-17-63(59)69-64(60)43-57)54-35-27-51(28-36-54)47-19-21-48(22-20-47)52-29-37-56(38-30-52)68(55-33-25-50(26-34-55)46-13-5-2-6-14-46)58-40-42-62-61-16-8-10-18-65(61)70-66(62)44-58/h1-44H. The molecule has 0 saturated heterocycles. The Morgan fingerprint density at radius 2 is 0.557 bits per heavy atom. The Hall–Kier alpha value is -8.96. The Bertz CT molecular complexity index is 3690. The molecule has 0 bridgehead atoms. The maximum Gasteiger partial charge on any atom is 0.137 e. The smallest absolute Gasteiger partial charge is 0.137 e. The van der Waals surface area contributed by atoms with Crippen LogP contribution in [0.15, 0.2) is 271 Å². The Morgan fingerprint density at radius 1 is 0.229 bits per heavy atom. The molecule has 0 aliphatic carbocycles. The lowest BCUT2D eigenvalue weighted by Crippen LogP contribution is -2.09. The van der Waals surface area contributed by atoms with E-state index >= 15 is 0 Å². The van der Waals surface area contributed by atoms with Gasteiger partial charge in [-0.05, 0) is 129 Å².